The number of nitrogens with zero attached hydrogens (tertiary/aromatic N) is 3. The van der Waals surface area contributed by atoms with Crippen LogP contribution in [0.2, 0.25) is 0 Å². The number of hydrogen-bond acceptors (Lipinski definition) is 6. The molecule has 28 heavy (non-hydrogen) atoms. The van der Waals surface area contributed by atoms with Gasteiger partial charge in [0.1, 0.15) is 17.5 Å². The molecule has 0 spiro atoms. The molecule has 0 amide bonds. The molecular formula is C21H18N4O3. The average molecular weight is 374 g/mol. The zero-order valence-electron chi connectivity index (χ0n) is 15.0. The zero-order chi connectivity index (χ0) is 19.3. The molecule has 2 heterocycles. The van der Waals surface area contributed by atoms with E-state index in [9.17, 15) is 15.0 Å². The molecule has 5 rings (SSSR count). The molecule has 0 saturated heterocycles. The first kappa shape index (κ1) is 16.6. The van der Waals surface area contributed by atoms with Gasteiger partial charge in [-0.15, -0.1) is 5.10 Å². The van der Waals surface area contributed by atoms with Crippen LogP contribution in [0.15, 0.2) is 59.8 Å². The van der Waals surface area contributed by atoms with Crippen LogP contribution in [0.5, 0.6) is 11.5 Å². The van der Waals surface area contributed by atoms with Gasteiger partial charge in [-0.2, -0.15) is 4.98 Å². The minimum atomic E-state index is -0.454. The molecule has 1 atom stereocenters. The number of carbonyl (C=O) groups excluding carboxylic acids is 1. The predicted molar refractivity (Wildman–Crippen MR) is 103 cm³/mol. The Morgan fingerprint density at radius 1 is 1.04 bits per heavy atom. The van der Waals surface area contributed by atoms with E-state index in [2.05, 4.69) is 15.4 Å². The summed E-state index contributed by atoms with van der Waals surface area (Å²) < 4.78 is 1.69. The summed E-state index contributed by atoms with van der Waals surface area (Å²) in [6.07, 6.45) is 2.06. The summed E-state index contributed by atoms with van der Waals surface area (Å²) in [5, 5.41) is 27.7. The van der Waals surface area contributed by atoms with Crippen molar-refractivity contribution in [2.24, 2.45) is 0 Å². The number of rotatable bonds is 2. The number of phenolic OH excluding ortho intramolecular Hbond substituents is 2. The highest BCUT2D eigenvalue weighted by atomic mass is 16.3. The highest BCUT2D eigenvalue weighted by Gasteiger charge is 2.37. The van der Waals surface area contributed by atoms with E-state index in [0.717, 1.165) is 24.1 Å². The van der Waals surface area contributed by atoms with Gasteiger partial charge in [0.25, 0.3) is 0 Å². The molecule has 3 aromatic rings. The highest BCUT2D eigenvalue weighted by molar-refractivity contribution is 5.99. The summed E-state index contributed by atoms with van der Waals surface area (Å²) in [5.74, 6) is 1.35. The number of phenols is 2. The molecule has 1 aliphatic heterocycles. The van der Waals surface area contributed by atoms with Gasteiger partial charge < -0.3 is 15.5 Å². The van der Waals surface area contributed by atoms with Crippen LogP contribution >= 0.6 is 0 Å². The van der Waals surface area contributed by atoms with Crippen molar-refractivity contribution in [1.82, 2.24) is 14.8 Å². The van der Waals surface area contributed by atoms with Crippen LogP contribution in [0.1, 0.15) is 30.9 Å². The van der Waals surface area contributed by atoms with E-state index >= 15 is 0 Å². The number of fused-ring (bicyclic) bond motifs is 1. The summed E-state index contributed by atoms with van der Waals surface area (Å²) in [7, 11) is 0. The van der Waals surface area contributed by atoms with Crippen molar-refractivity contribution in [3.05, 3.63) is 65.4 Å². The highest BCUT2D eigenvalue weighted by Crippen LogP contribution is 2.41. The fraction of sp³-hybridized carbons (Fsp3) is 0.190. The van der Waals surface area contributed by atoms with E-state index in [-0.39, 0.29) is 17.3 Å². The minimum Gasteiger partial charge on any atom is -0.508 e. The van der Waals surface area contributed by atoms with E-state index in [4.69, 9.17) is 0 Å². The number of allylic oxidation sites excluding steroid dienone is 2. The lowest BCUT2D eigenvalue weighted by Gasteiger charge is -2.32. The maximum absolute atomic E-state index is 12.8. The molecule has 1 aliphatic carbocycles. The molecule has 1 aromatic heterocycles. The van der Waals surface area contributed by atoms with Gasteiger partial charge in [-0.05, 0) is 42.7 Å². The number of aromatic nitrogens is 3. The van der Waals surface area contributed by atoms with Gasteiger partial charge in [-0.25, -0.2) is 4.68 Å². The first-order chi connectivity index (χ1) is 13.6. The Labute approximate surface area is 161 Å². The molecule has 7 heteroatoms. The van der Waals surface area contributed by atoms with Gasteiger partial charge in [0.15, 0.2) is 11.6 Å². The molecular weight excluding hydrogens is 356 g/mol. The molecule has 3 N–H and O–H groups in total. The van der Waals surface area contributed by atoms with Crippen LogP contribution in [0, 0.1) is 0 Å². The fourth-order valence-corrected chi connectivity index (χ4v) is 3.93. The number of carbonyl (C=O) groups is 1. The molecule has 2 aliphatic rings. The third-order valence-corrected chi connectivity index (χ3v) is 5.16. The van der Waals surface area contributed by atoms with Crippen LogP contribution in [-0.2, 0) is 4.79 Å². The van der Waals surface area contributed by atoms with E-state index in [1.807, 2.05) is 12.1 Å². The fourth-order valence-electron chi connectivity index (χ4n) is 3.93. The lowest BCUT2D eigenvalue weighted by Crippen LogP contribution is -2.31. The van der Waals surface area contributed by atoms with Crippen molar-refractivity contribution in [1.29, 1.82) is 0 Å². The Hall–Kier alpha value is -3.61. The zero-order valence-corrected chi connectivity index (χ0v) is 15.0. The quantitative estimate of drug-likeness (QED) is 0.636. The van der Waals surface area contributed by atoms with Crippen LogP contribution < -0.4 is 5.32 Å². The molecule has 140 valence electrons. The molecule has 7 nitrogen and oxygen atoms in total. The topological polar surface area (TPSA) is 100 Å². The van der Waals surface area contributed by atoms with Crippen molar-refractivity contribution in [2.75, 3.05) is 5.32 Å². The lowest BCUT2D eigenvalue weighted by molar-refractivity contribution is -0.116. The van der Waals surface area contributed by atoms with E-state index in [1.165, 1.54) is 0 Å². The Morgan fingerprint density at radius 2 is 1.82 bits per heavy atom. The Bertz CT molecular complexity index is 1130. The number of Topliss-reactive ketones (excluding diaryl/α,β-unsaturated/α-hetero) is 1. The molecule has 1 unspecified atom stereocenters. The second-order valence-electron chi connectivity index (χ2n) is 7.05. The summed E-state index contributed by atoms with van der Waals surface area (Å²) in [4.78, 5) is 17.4. The lowest BCUT2D eigenvalue weighted by atomic mass is 9.85. The van der Waals surface area contributed by atoms with Gasteiger partial charge in [0.2, 0.25) is 5.95 Å². The van der Waals surface area contributed by atoms with Crippen LogP contribution in [0.25, 0.3) is 11.4 Å². The Balaban J connectivity index is 1.69. The van der Waals surface area contributed by atoms with Gasteiger partial charge in [-0.3, -0.25) is 4.79 Å². The summed E-state index contributed by atoms with van der Waals surface area (Å²) >= 11 is 0. The Morgan fingerprint density at radius 3 is 2.61 bits per heavy atom. The van der Waals surface area contributed by atoms with Crippen LogP contribution in [0.4, 0.5) is 5.95 Å². The minimum absolute atomic E-state index is 0.0853. The van der Waals surface area contributed by atoms with E-state index in [1.54, 1.807) is 41.1 Å². The molecule has 2 aromatic carbocycles. The number of aromatic hydroxyl groups is 2. The predicted octanol–water partition coefficient (Wildman–Crippen LogP) is 3.38. The summed E-state index contributed by atoms with van der Waals surface area (Å²) in [6, 6.07) is 13.2. The Kier molecular flexibility index (Phi) is 3.68. The molecule has 0 fully saturated rings. The van der Waals surface area contributed by atoms with Crippen molar-refractivity contribution >= 4 is 11.7 Å². The summed E-state index contributed by atoms with van der Waals surface area (Å²) in [6.45, 7) is 0. The second-order valence-corrected chi connectivity index (χ2v) is 7.05. The SMILES string of the molecule is O=C1CCCC2=C1C(c1cccc(O)c1)n1nc(-c3cccc(O)c3)nc1N2. The smallest absolute Gasteiger partial charge is 0.226 e. The number of ketones is 1. The maximum atomic E-state index is 12.8. The van der Waals surface area contributed by atoms with E-state index < -0.39 is 6.04 Å². The van der Waals surface area contributed by atoms with Gasteiger partial charge in [-0.1, -0.05) is 24.3 Å². The number of anilines is 1. The average Bonchev–Trinajstić information content (AvgIpc) is 3.10. The third kappa shape index (κ3) is 2.63. The maximum Gasteiger partial charge on any atom is 0.226 e. The van der Waals surface area contributed by atoms with Crippen molar-refractivity contribution in [2.45, 2.75) is 25.3 Å². The van der Waals surface area contributed by atoms with E-state index in [0.29, 0.717) is 29.3 Å². The number of benzene rings is 2. The second kappa shape index (κ2) is 6.23. The first-order valence-electron chi connectivity index (χ1n) is 9.18. The van der Waals surface area contributed by atoms with Crippen LogP contribution in [-0.4, -0.2) is 30.8 Å². The third-order valence-electron chi connectivity index (χ3n) is 5.16. The largest absolute Gasteiger partial charge is 0.508 e. The normalized spacial score (nSPS) is 18.4. The molecule has 0 bridgehead atoms. The molecule has 0 radical (unpaired) electrons. The first-order valence-corrected chi connectivity index (χ1v) is 9.18. The van der Waals surface area contributed by atoms with Crippen molar-refractivity contribution in [3.8, 4) is 22.9 Å². The van der Waals surface area contributed by atoms with Gasteiger partial charge in [0.05, 0.1) is 0 Å². The standard InChI is InChI=1S/C21H18N4O3/c26-14-6-1-4-12(10-14)19-18-16(8-3-9-17(18)28)22-21-23-20(24-25(19)21)13-5-2-7-15(27)11-13/h1-2,4-7,10-11,19,26-27H,3,8-9H2,(H,22,23,24). The monoisotopic (exact) mass is 374 g/mol. The van der Waals surface area contributed by atoms with Crippen molar-refractivity contribution in [3.63, 3.8) is 0 Å². The van der Waals surface area contributed by atoms with Crippen LogP contribution in [0.3, 0.4) is 0 Å². The van der Waals surface area contributed by atoms with Gasteiger partial charge in [0, 0.05) is 23.3 Å². The summed E-state index contributed by atoms with van der Waals surface area (Å²) in [5.41, 5.74) is 3.00. The number of hydrogen-bond donors (Lipinski definition) is 3. The van der Waals surface area contributed by atoms with Crippen molar-refractivity contribution < 1.29 is 15.0 Å². The molecule has 0 saturated carbocycles. The number of nitrogens with one attached hydrogen (secondary N) is 1. The van der Waals surface area contributed by atoms with Gasteiger partial charge >= 0.3 is 0 Å².